The Kier molecular flexibility index (Phi) is 3.98. The van der Waals surface area contributed by atoms with Crippen molar-refractivity contribution >= 4 is 5.78 Å². The molecule has 0 saturated heterocycles. The van der Waals surface area contributed by atoms with E-state index in [9.17, 15) is 4.79 Å². The van der Waals surface area contributed by atoms with Crippen LogP contribution in [0, 0.1) is 5.92 Å². The SMILES string of the molecule is CCCCC[C@@H]1C[C@@H]1c1ccc(C(C)=O)cc1. The van der Waals surface area contributed by atoms with E-state index in [0.717, 1.165) is 17.4 Å². The van der Waals surface area contributed by atoms with Crippen LogP contribution in [0.25, 0.3) is 0 Å². The van der Waals surface area contributed by atoms with E-state index in [1.165, 1.54) is 37.7 Å². The molecule has 0 spiro atoms. The van der Waals surface area contributed by atoms with E-state index in [0.29, 0.717) is 0 Å². The predicted octanol–water partition coefficient (Wildman–Crippen LogP) is 4.57. The summed E-state index contributed by atoms with van der Waals surface area (Å²) in [6, 6.07) is 8.22. The molecule has 1 aliphatic rings. The number of hydrogen-bond donors (Lipinski definition) is 0. The molecule has 2 rings (SSSR count). The molecule has 1 aliphatic carbocycles. The average Bonchev–Trinajstić information content (AvgIpc) is 3.09. The Morgan fingerprint density at radius 3 is 2.53 bits per heavy atom. The Balaban J connectivity index is 1.86. The molecule has 1 fully saturated rings. The maximum Gasteiger partial charge on any atom is 0.159 e. The fourth-order valence-corrected chi connectivity index (χ4v) is 2.60. The third-order valence-corrected chi connectivity index (χ3v) is 3.85. The highest BCUT2D eigenvalue weighted by molar-refractivity contribution is 5.94. The van der Waals surface area contributed by atoms with Crippen molar-refractivity contribution in [1.29, 1.82) is 0 Å². The topological polar surface area (TPSA) is 17.1 Å². The summed E-state index contributed by atoms with van der Waals surface area (Å²) < 4.78 is 0. The van der Waals surface area contributed by atoms with Gasteiger partial charge in [-0.15, -0.1) is 0 Å². The first kappa shape index (κ1) is 12.3. The Labute approximate surface area is 104 Å². The molecular formula is C16H22O. The summed E-state index contributed by atoms with van der Waals surface area (Å²) in [5, 5.41) is 0. The summed E-state index contributed by atoms with van der Waals surface area (Å²) in [6.07, 6.45) is 6.79. The molecule has 0 aliphatic heterocycles. The number of ketones is 1. The quantitative estimate of drug-likeness (QED) is 0.516. The van der Waals surface area contributed by atoms with Gasteiger partial charge in [0, 0.05) is 5.56 Å². The molecule has 0 amide bonds. The number of unbranched alkanes of at least 4 members (excludes halogenated alkanes) is 2. The monoisotopic (exact) mass is 230 g/mol. The zero-order valence-electron chi connectivity index (χ0n) is 10.9. The molecule has 92 valence electrons. The van der Waals surface area contributed by atoms with Gasteiger partial charge >= 0.3 is 0 Å². The fraction of sp³-hybridized carbons (Fsp3) is 0.562. The molecule has 0 aromatic heterocycles. The summed E-state index contributed by atoms with van der Waals surface area (Å²) in [4.78, 5) is 11.2. The average molecular weight is 230 g/mol. The summed E-state index contributed by atoms with van der Waals surface area (Å²) in [5.41, 5.74) is 2.26. The molecule has 0 N–H and O–H groups in total. The van der Waals surface area contributed by atoms with E-state index >= 15 is 0 Å². The van der Waals surface area contributed by atoms with Crippen molar-refractivity contribution in [3.8, 4) is 0 Å². The van der Waals surface area contributed by atoms with Crippen LogP contribution in [0.1, 0.15) is 67.8 Å². The van der Waals surface area contributed by atoms with Gasteiger partial charge < -0.3 is 0 Å². The molecular weight excluding hydrogens is 208 g/mol. The van der Waals surface area contributed by atoms with Gasteiger partial charge in [-0.05, 0) is 37.2 Å². The van der Waals surface area contributed by atoms with E-state index < -0.39 is 0 Å². The zero-order chi connectivity index (χ0) is 12.3. The van der Waals surface area contributed by atoms with Crippen LogP contribution >= 0.6 is 0 Å². The first-order chi connectivity index (χ1) is 8.22. The van der Waals surface area contributed by atoms with Crippen molar-refractivity contribution in [1.82, 2.24) is 0 Å². The van der Waals surface area contributed by atoms with Crippen molar-refractivity contribution in [3.05, 3.63) is 35.4 Å². The van der Waals surface area contributed by atoms with Gasteiger partial charge in [0.05, 0.1) is 0 Å². The molecule has 1 nitrogen and oxygen atoms in total. The van der Waals surface area contributed by atoms with E-state index in [4.69, 9.17) is 0 Å². The summed E-state index contributed by atoms with van der Waals surface area (Å²) in [6.45, 7) is 3.88. The van der Waals surface area contributed by atoms with Crippen molar-refractivity contribution in [2.24, 2.45) is 5.92 Å². The molecule has 2 atom stereocenters. The number of carbonyl (C=O) groups excluding carboxylic acids is 1. The molecule has 0 heterocycles. The number of rotatable bonds is 6. The Hall–Kier alpha value is -1.11. The van der Waals surface area contributed by atoms with E-state index in [2.05, 4.69) is 19.1 Å². The van der Waals surface area contributed by atoms with Gasteiger partial charge in [0.2, 0.25) is 0 Å². The number of benzene rings is 1. The number of Topliss-reactive ketones (excluding diaryl/α,β-unsaturated/α-hetero) is 1. The smallest absolute Gasteiger partial charge is 0.159 e. The third-order valence-electron chi connectivity index (χ3n) is 3.85. The molecule has 1 aromatic carbocycles. The molecule has 1 aromatic rings. The Bertz CT molecular complexity index is 377. The zero-order valence-corrected chi connectivity index (χ0v) is 10.9. The second-order valence-corrected chi connectivity index (χ2v) is 5.28. The highest BCUT2D eigenvalue weighted by Crippen LogP contribution is 2.50. The van der Waals surface area contributed by atoms with Crippen molar-refractivity contribution in [3.63, 3.8) is 0 Å². The van der Waals surface area contributed by atoms with Crippen LogP contribution in [0.15, 0.2) is 24.3 Å². The number of hydrogen-bond acceptors (Lipinski definition) is 1. The lowest BCUT2D eigenvalue weighted by Gasteiger charge is -2.02. The van der Waals surface area contributed by atoms with Crippen LogP contribution in [0.5, 0.6) is 0 Å². The van der Waals surface area contributed by atoms with Crippen molar-refractivity contribution in [2.45, 2.75) is 51.9 Å². The van der Waals surface area contributed by atoms with Crippen LogP contribution in [-0.2, 0) is 0 Å². The summed E-state index contributed by atoms with van der Waals surface area (Å²) >= 11 is 0. The third kappa shape index (κ3) is 3.18. The minimum atomic E-state index is 0.159. The second kappa shape index (κ2) is 5.48. The molecule has 1 saturated carbocycles. The largest absolute Gasteiger partial charge is 0.295 e. The van der Waals surface area contributed by atoms with E-state index in [-0.39, 0.29) is 5.78 Å². The van der Waals surface area contributed by atoms with Gasteiger partial charge in [0.15, 0.2) is 5.78 Å². The van der Waals surface area contributed by atoms with Crippen LogP contribution in [0.2, 0.25) is 0 Å². The molecule has 17 heavy (non-hydrogen) atoms. The maximum absolute atomic E-state index is 11.2. The summed E-state index contributed by atoms with van der Waals surface area (Å²) in [7, 11) is 0. The minimum absolute atomic E-state index is 0.159. The normalized spacial score (nSPS) is 22.5. The first-order valence-corrected chi connectivity index (χ1v) is 6.83. The minimum Gasteiger partial charge on any atom is -0.295 e. The highest BCUT2D eigenvalue weighted by atomic mass is 16.1. The van der Waals surface area contributed by atoms with Gasteiger partial charge in [0.1, 0.15) is 0 Å². The van der Waals surface area contributed by atoms with Crippen LogP contribution in [-0.4, -0.2) is 5.78 Å². The molecule has 0 unspecified atom stereocenters. The molecule has 0 bridgehead atoms. The van der Waals surface area contributed by atoms with Crippen LogP contribution in [0.3, 0.4) is 0 Å². The van der Waals surface area contributed by atoms with Gasteiger partial charge in [-0.3, -0.25) is 4.79 Å². The molecule has 0 radical (unpaired) electrons. The van der Waals surface area contributed by atoms with Crippen molar-refractivity contribution < 1.29 is 4.79 Å². The standard InChI is InChI=1S/C16H22O/c1-3-4-5-6-15-11-16(15)14-9-7-13(8-10-14)12(2)17/h7-10,15-16H,3-6,11H2,1-2H3/t15-,16-/m1/s1. The van der Waals surface area contributed by atoms with E-state index in [1.807, 2.05) is 12.1 Å². The predicted molar refractivity (Wildman–Crippen MR) is 71.4 cm³/mol. The van der Waals surface area contributed by atoms with Gasteiger partial charge in [-0.25, -0.2) is 0 Å². The highest BCUT2D eigenvalue weighted by Gasteiger charge is 2.37. The lowest BCUT2D eigenvalue weighted by molar-refractivity contribution is 0.101. The Morgan fingerprint density at radius 1 is 1.24 bits per heavy atom. The lowest BCUT2D eigenvalue weighted by atomic mass is 10.0. The lowest BCUT2D eigenvalue weighted by Crippen LogP contribution is -1.92. The van der Waals surface area contributed by atoms with Crippen LogP contribution in [0.4, 0.5) is 0 Å². The van der Waals surface area contributed by atoms with Crippen molar-refractivity contribution in [2.75, 3.05) is 0 Å². The maximum atomic E-state index is 11.2. The number of carbonyl (C=O) groups is 1. The molecule has 1 heteroatoms. The van der Waals surface area contributed by atoms with E-state index in [1.54, 1.807) is 6.92 Å². The second-order valence-electron chi connectivity index (χ2n) is 5.28. The Morgan fingerprint density at radius 2 is 1.94 bits per heavy atom. The van der Waals surface area contributed by atoms with Gasteiger partial charge in [-0.1, -0.05) is 50.5 Å². The van der Waals surface area contributed by atoms with Gasteiger partial charge in [0.25, 0.3) is 0 Å². The fourth-order valence-electron chi connectivity index (χ4n) is 2.60. The van der Waals surface area contributed by atoms with Crippen LogP contribution < -0.4 is 0 Å². The summed E-state index contributed by atoms with van der Waals surface area (Å²) in [5.74, 6) is 1.84. The van der Waals surface area contributed by atoms with Gasteiger partial charge in [-0.2, -0.15) is 0 Å². The first-order valence-electron chi connectivity index (χ1n) is 6.83.